The Hall–Kier alpha value is -1.95. The number of rotatable bonds is 2. The first-order valence-corrected chi connectivity index (χ1v) is 6.67. The first-order chi connectivity index (χ1) is 9.56. The molecule has 2 atom stereocenters. The van der Waals surface area contributed by atoms with Crippen LogP contribution in [0.25, 0.3) is 0 Å². The molecule has 2 rings (SSSR count). The Balaban J connectivity index is 1.87. The topological polar surface area (TPSA) is 71.5 Å². The molecule has 0 saturated carbocycles. The number of nitrogens with zero attached hydrogens (tertiary/aromatic N) is 2. The summed E-state index contributed by atoms with van der Waals surface area (Å²) in [7, 11) is 0. The van der Waals surface area contributed by atoms with Gasteiger partial charge in [0.25, 0.3) is 0 Å². The van der Waals surface area contributed by atoms with Gasteiger partial charge in [0.2, 0.25) is 0 Å². The molecule has 0 spiro atoms. The maximum absolute atomic E-state index is 12.1. The van der Waals surface area contributed by atoms with Crippen LogP contribution in [0.1, 0.15) is 19.4 Å². The smallest absolute Gasteiger partial charge is 0.312 e. The van der Waals surface area contributed by atoms with Gasteiger partial charge in [-0.2, -0.15) is 0 Å². The Morgan fingerprint density at radius 2 is 2.10 bits per heavy atom. The average molecular weight is 277 g/mol. The Labute approximate surface area is 118 Å². The van der Waals surface area contributed by atoms with Crippen molar-refractivity contribution < 1.29 is 14.3 Å². The Kier molecular flexibility index (Phi) is 4.68. The monoisotopic (exact) mass is 277 g/mol. The van der Waals surface area contributed by atoms with Crippen LogP contribution >= 0.6 is 0 Å². The molecule has 1 N–H and O–H groups in total. The molecule has 1 saturated heterocycles. The lowest BCUT2D eigenvalue weighted by Gasteiger charge is -2.34. The van der Waals surface area contributed by atoms with Crippen molar-refractivity contribution in [3.05, 3.63) is 30.1 Å². The standard InChI is InChI=1S/C14H19N3O3/c1-10-8-17(9-11(2)20-10)14(19)13(18)16-7-12-4-3-5-15-6-12/h3-6,10-11H,7-9H2,1-2H3,(H,16,18). The largest absolute Gasteiger partial charge is 0.372 e. The van der Waals surface area contributed by atoms with Crippen LogP contribution in [0.15, 0.2) is 24.5 Å². The normalized spacial score (nSPS) is 22.4. The number of hydrogen-bond acceptors (Lipinski definition) is 4. The van der Waals surface area contributed by atoms with Gasteiger partial charge in [-0.1, -0.05) is 6.07 Å². The van der Waals surface area contributed by atoms with Crippen LogP contribution in [0.3, 0.4) is 0 Å². The van der Waals surface area contributed by atoms with Crippen LogP contribution in [-0.2, 0) is 20.9 Å². The molecule has 6 nitrogen and oxygen atoms in total. The second kappa shape index (κ2) is 6.47. The van der Waals surface area contributed by atoms with Gasteiger partial charge in [-0.25, -0.2) is 0 Å². The molecule has 1 aromatic heterocycles. The number of carbonyl (C=O) groups excluding carboxylic acids is 2. The van der Waals surface area contributed by atoms with E-state index in [4.69, 9.17) is 4.74 Å². The molecule has 1 fully saturated rings. The second-order valence-corrected chi connectivity index (χ2v) is 5.01. The summed E-state index contributed by atoms with van der Waals surface area (Å²) in [6.07, 6.45) is 3.22. The van der Waals surface area contributed by atoms with Crippen molar-refractivity contribution in [2.24, 2.45) is 0 Å². The van der Waals surface area contributed by atoms with Gasteiger partial charge in [0.15, 0.2) is 0 Å². The molecule has 108 valence electrons. The highest BCUT2D eigenvalue weighted by molar-refractivity contribution is 6.35. The first-order valence-electron chi connectivity index (χ1n) is 6.67. The molecule has 0 radical (unpaired) electrons. The summed E-state index contributed by atoms with van der Waals surface area (Å²) >= 11 is 0. The quantitative estimate of drug-likeness (QED) is 0.791. The predicted octanol–water partition coefficient (Wildman–Crippen LogP) is 0.334. The molecule has 2 unspecified atom stereocenters. The zero-order chi connectivity index (χ0) is 14.5. The van der Waals surface area contributed by atoms with E-state index in [1.54, 1.807) is 18.5 Å². The summed E-state index contributed by atoms with van der Waals surface area (Å²) in [6.45, 7) is 4.98. The van der Waals surface area contributed by atoms with Crippen molar-refractivity contribution in [1.82, 2.24) is 15.2 Å². The van der Waals surface area contributed by atoms with Crippen LogP contribution < -0.4 is 5.32 Å². The Morgan fingerprint density at radius 3 is 2.70 bits per heavy atom. The van der Waals surface area contributed by atoms with Crippen molar-refractivity contribution in [3.8, 4) is 0 Å². The molecule has 1 aliphatic heterocycles. The third kappa shape index (κ3) is 3.77. The van der Waals surface area contributed by atoms with Crippen LogP contribution in [0.2, 0.25) is 0 Å². The van der Waals surface area contributed by atoms with Gasteiger partial charge in [0, 0.05) is 32.0 Å². The zero-order valence-electron chi connectivity index (χ0n) is 11.7. The summed E-state index contributed by atoms with van der Waals surface area (Å²) in [4.78, 5) is 29.4. The van der Waals surface area contributed by atoms with E-state index in [1.165, 1.54) is 4.90 Å². The lowest BCUT2D eigenvalue weighted by molar-refractivity contribution is -0.153. The SMILES string of the molecule is CC1CN(C(=O)C(=O)NCc2cccnc2)CC(C)O1. The van der Waals surface area contributed by atoms with Gasteiger partial charge < -0.3 is 15.0 Å². The van der Waals surface area contributed by atoms with Gasteiger partial charge in [-0.15, -0.1) is 0 Å². The van der Waals surface area contributed by atoms with Crippen LogP contribution in [0.4, 0.5) is 0 Å². The molecular weight excluding hydrogens is 258 g/mol. The fourth-order valence-electron chi connectivity index (χ4n) is 2.25. The third-order valence-electron chi connectivity index (χ3n) is 3.08. The first kappa shape index (κ1) is 14.5. The molecule has 0 bridgehead atoms. The van der Waals surface area contributed by atoms with E-state index >= 15 is 0 Å². The molecule has 6 heteroatoms. The van der Waals surface area contributed by atoms with Crippen molar-refractivity contribution in [1.29, 1.82) is 0 Å². The minimum Gasteiger partial charge on any atom is -0.372 e. The second-order valence-electron chi connectivity index (χ2n) is 5.01. The van der Waals surface area contributed by atoms with E-state index in [0.29, 0.717) is 19.6 Å². The van der Waals surface area contributed by atoms with Crippen LogP contribution in [0, 0.1) is 0 Å². The maximum Gasteiger partial charge on any atom is 0.312 e. The number of ether oxygens (including phenoxy) is 1. The molecule has 2 amide bonds. The number of hydrogen-bond donors (Lipinski definition) is 1. The van der Waals surface area contributed by atoms with Gasteiger partial charge >= 0.3 is 11.8 Å². The summed E-state index contributed by atoms with van der Waals surface area (Å²) < 4.78 is 5.54. The third-order valence-corrected chi connectivity index (χ3v) is 3.08. The van der Waals surface area contributed by atoms with E-state index in [1.807, 2.05) is 19.9 Å². The Morgan fingerprint density at radius 1 is 1.40 bits per heavy atom. The molecular formula is C14H19N3O3. The molecule has 20 heavy (non-hydrogen) atoms. The van der Waals surface area contributed by atoms with Crippen molar-refractivity contribution in [3.63, 3.8) is 0 Å². The number of amides is 2. The number of pyridine rings is 1. The number of morpholine rings is 1. The fourth-order valence-corrected chi connectivity index (χ4v) is 2.25. The molecule has 0 aromatic carbocycles. The van der Waals surface area contributed by atoms with Gasteiger partial charge in [0.05, 0.1) is 12.2 Å². The lowest BCUT2D eigenvalue weighted by atomic mass is 10.2. The Bertz CT molecular complexity index is 468. The van der Waals surface area contributed by atoms with E-state index in [2.05, 4.69) is 10.3 Å². The van der Waals surface area contributed by atoms with Crippen molar-refractivity contribution in [2.45, 2.75) is 32.6 Å². The van der Waals surface area contributed by atoms with E-state index in [-0.39, 0.29) is 12.2 Å². The van der Waals surface area contributed by atoms with Gasteiger partial charge in [0.1, 0.15) is 0 Å². The van der Waals surface area contributed by atoms with Crippen molar-refractivity contribution >= 4 is 11.8 Å². The highest BCUT2D eigenvalue weighted by atomic mass is 16.5. The van der Waals surface area contributed by atoms with Gasteiger partial charge in [-0.3, -0.25) is 14.6 Å². The summed E-state index contributed by atoms with van der Waals surface area (Å²) in [5.41, 5.74) is 0.859. The predicted molar refractivity (Wildman–Crippen MR) is 72.7 cm³/mol. The van der Waals surface area contributed by atoms with Crippen LogP contribution in [0.5, 0.6) is 0 Å². The minimum absolute atomic E-state index is 0.0474. The summed E-state index contributed by atoms with van der Waals surface area (Å²) in [6, 6.07) is 3.63. The molecule has 1 aromatic rings. The van der Waals surface area contributed by atoms with Gasteiger partial charge in [-0.05, 0) is 25.5 Å². The van der Waals surface area contributed by atoms with E-state index in [0.717, 1.165) is 5.56 Å². The molecule has 1 aliphatic rings. The van der Waals surface area contributed by atoms with Crippen LogP contribution in [-0.4, -0.2) is 47.0 Å². The van der Waals surface area contributed by atoms with E-state index < -0.39 is 11.8 Å². The average Bonchev–Trinajstić information content (AvgIpc) is 2.44. The van der Waals surface area contributed by atoms with Crippen molar-refractivity contribution in [2.75, 3.05) is 13.1 Å². The van der Waals surface area contributed by atoms with E-state index in [9.17, 15) is 9.59 Å². The highest BCUT2D eigenvalue weighted by Crippen LogP contribution is 2.10. The maximum atomic E-state index is 12.1. The lowest BCUT2D eigenvalue weighted by Crippen LogP contribution is -2.52. The number of aromatic nitrogens is 1. The minimum atomic E-state index is -0.588. The fraction of sp³-hybridized carbons (Fsp3) is 0.500. The summed E-state index contributed by atoms with van der Waals surface area (Å²) in [5, 5.41) is 2.61. The number of carbonyl (C=O) groups is 2. The number of nitrogens with one attached hydrogen (secondary N) is 1. The zero-order valence-corrected chi connectivity index (χ0v) is 11.7. The highest BCUT2D eigenvalue weighted by Gasteiger charge is 2.29. The molecule has 2 heterocycles. The summed E-state index contributed by atoms with van der Waals surface area (Å²) in [5.74, 6) is -1.09. The molecule has 0 aliphatic carbocycles.